The van der Waals surface area contributed by atoms with Gasteiger partial charge in [0.15, 0.2) is 0 Å². The largest absolute Gasteiger partial charge is 0.314 e. The lowest BCUT2D eigenvalue weighted by molar-refractivity contribution is 0.393. The van der Waals surface area contributed by atoms with Gasteiger partial charge in [-0.25, -0.2) is 0 Å². The standard InChI is InChI=1S/C14H23N/c1-4-12(2)13(3)15-11-10-14-8-6-5-7-9-14/h5-9,12-13,15H,4,10-11H2,1-3H3/t12-,13-/m0/s1. The van der Waals surface area contributed by atoms with Crippen molar-refractivity contribution in [2.24, 2.45) is 5.92 Å². The minimum Gasteiger partial charge on any atom is -0.314 e. The molecule has 1 rings (SSSR count). The SMILES string of the molecule is CC[C@H](C)[C@H](C)NCCc1ccccc1. The fourth-order valence-electron chi connectivity index (χ4n) is 1.64. The third-order valence-corrected chi connectivity index (χ3v) is 3.22. The lowest BCUT2D eigenvalue weighted by Crippen LogP contribution is -2.33. The zero-order valence-corrected chi connectivity index (χ0v) is 10.2. The molecule has 0 saturated carbocycles. The molecule has 1 nitrogen and oxygen atoms in total. The average molecular weight is 205 g/mol. The van der Waals surface area contributed by atoms with Crippen LogP contribution in [-0.2, 0) is 6.42 Å². The van der Waals surface area contributed by atoms with Gasteiger partial charge in [0.2, 0.25) is 0 Å². The van der Waals surface area contributed by atoms with Gasteiger partial charge in [0.25, 0.3) is 0 Å². The molecule has 1 aromatic rings. The van der Waals surface area contributed by atoms with Gasteiger partial charge in [0.05, 0.1) is 0 Å². The highest BCUT2D eigenvalue weighted by atomic mass is 14.9. The lowest BCUT2D eigenvalue weighted by atomic mass is 10.0. The Morgan fingerprint density at radius 2 is 1.80 bits per heavy atom. The molecule has 0 aliphatic rings. The van der Waals surface area contributed by atoms with Gasteiger partial charge in [-0.05, 0) is 31.4 Å². The highest BCUT2D eigenvalue weighted by Gasteiger charge is 2.08. The molecule has 0 spiro atoms. The van der Waals surface area contributed by atoms with Crippen LogP contribution in [0.5, 0.6) is 0 Å². The van der Waals surface area contributed by atoms with E-state index in [4.69, 9.17) is 0 Å². The Hall–Kier alpha value is -0.820. The quantitative estimate of drug-likeness (QED) is 0.751. The molecule has 1 N–H and O–H groups in total. The summed E-state index contributed by atoms with van der Waals surface area (Å²) in [6.07, 6.45) is 2.38. The molecule has 0 radical (unpaired) electrons. The highest BCUT2D eigenvalue weighted by Crippen LogP contribution is 2.06. The highest BCUT2D eigenvalue weighted by molar-refractivity contribution is 5.14. The summed E-state index contributed by atoms with van der Waals surface area (Å²) in [5.74, 6) is 0.765. The zero-order chi connectivity index (χ0) is 11.1. The van der Waals surface area contributed by atoms with Crippen LogP contribution in [-0.4, -0.2) is 12.6 Å². The van der Waals surface area contributed by atoms with Crippen molar-refractivity contribution < 1.29 is 0 Å². The molecule has 0 aliphatic heterocycles. The Kier molecular flexibility index (Phi) is 5.41. The summed E-state index contributed by atoms with van der Waals surface area (Å²) in [6.45, 7) is 7.91. The van der Waals surface area contributed by atoms with Crippen LogP contribution >= 0.6 is 0 Å². The maximum atomic E-state index is 3.58. The van der Waals surface area contributed by atoms with E-state index in [2.05, 4.69) is 56.4 Å². The molecule has 15 heavy (non-hydrogen) atoms. The van der Waals surface area contributed by atoms with E-state index in [0.29, 0.717) is 6.04 Å². The zero-order valence-electron chi connectivity index (χ0n) is 10.2. The Balaban J connectivity index is 2.22. The van der Waals surface area contributed by atoms with E-state index in [1.807, 2.05) is 0 Å². The molecule has 1 aromatic carbocycles. The van der Waals surface area contributed by atoms with Crippen LogP contribution in [0.15, 0.2) is 30.3 Å². The number of benzene rings is 1. The van der Waals surface area contributed by atoms with Crippen molar-refractivity contribution in [3.63, 3.8) is 0 Å². The molecular weight excluding hydrogens is 182 g/mol. The van der Waals surface area contributed by atoms with Crippen LogP contribution < -0.4 is 5.32 Å². The van der Waals surface area contributed by atoms with Gasteiger partial charge in [-0.15, -0.1) is 0 Å². The lowest BCUT2D eigenvalue weighted by Gasteiger charge is -2.19. The van der Waals surface area contributed by atoms with Crippen molar-refractivity contribution in [2.45, 2.75) is 39.7 Å². The van der Waals surface area contributed by atoms with Crippen molar-refractivity contribution in [3.05, 3.63) is 35.9 Å². The van der Waals surface area contributed by atoms with Crippen molar-refractivity contribution in [2.75, 3.05) is 6.54 Å². The topological polar surface area (TPSA) is 12.0 Å². The summed E-state index contributed by atoms with van der Waals surface area (Å²) in [5, 5.41) is 3.58. The van der Waals surface area contributed by atoms with Gasteiger partial charge in [-0.1, -0.05) is 50.6 Å². The van der Waals surface area contributed by atoms with Crippen LogP contribution in [0.4, 0.5) is 0 Å². The smallest absolute Gasteiger partial charge is 0.00643 e. The van der Waals surface area contributed by atoms with Crippen molar-refractivity contribution in [3.8, 4) is 0 Å². The summed E-state index contributed by atoms with van der Waals surface area (Å²) in [4.78, 5) is 0. The molecule has 0 aliphatic carbocycles. The molecule has 1 heteroatoms. The first kappa shape index (κ1) is 12.3. The third-order valence-electron chi connectivity index (χ3n) is 3.22. The first-order chi connectivity index (χ1) is 7.24. The summed E-state index contributed by atoms with van der Waals surface area (Å²) in [7, 11) is 0. The monoisotopic (exact) mass is 205 g/mol. The van der Waals surface area contributed by atoms with Gasteiger partial charge in [-0.3, -0.25) is 0 Å². The van der Waals surface area contributed by atoms with Crippen LogP contribution in [0.25, 0.3) is 0 Å². The van der Waals surface area contributed by atoms with Gasteiger partial charge in [-0.2, -0.15) is 0 Å². The Labute approximate surface area is 93.9 Å². The molecule has 0 saturated heterocycles. The molecule has 0 amide bonds. The first-order valence-corrected chi connectivity index (χ1v) is 6.01. The number of nitrogens with one attached hydrogen (secondary N) is 1. The molecule has 84 valence electrons. The second kappa shape index (κ2) is 6.62. The first-order valence-electron chi connectivity index (χ1n) is 6.01. The second-order valence-electron chi connectivity index (χ2n) is 4.36. The predicted molar refractivity (Wildman–Crippen MR) is 67.1 cm³/mol. The Morgan fingerprint density at radius 3 is 2.40 bits per heavy atom. The summed E-state index contributed by atoms with van der Waals surface area (Å²) in [5.41, 5.74) is 1.42. The molecule has 0 heterocycles. The normalized spacial score (nSPS) is 14.9. The van der Waals surface area contributed by atoms with Gasteiger partial charge < -0.3 is 5.32 Å². The minimum absolute atomic E-state index is 0.624. The molecular formula is C14H23N. The molecule has 0 bridgehead atoms. The van der Waals surface area contributed by atoms with Crippen molar-refractivity contribution >= 4 is 0 Å². The predicted octanol–water partition coefficient (Wildman–Crippen LogP) is 3.25. The fourth-order valence-corrected chi connectivity index (χ4v) is 1.64. The number of rotatable bonds is 6. The van der Waals surface area contributed by atoms with Crippen LogP contribution in [0.1, 0.15) is 32.8 Å². The van der Waals surface area contributed by atoms with Gasteiger partial charge in [0.1, 0.15) is 0 Å². The Morgan fingerprint density at radius 1 is 1.13 bits per heavy atom. The van der Waals surface area contributed by atoms with Gasteiger partial charge in [0, 0.05) is 6.04 Å². The Bertz CT molecular complexity index is 255. The average Bonchev–Trinajstić information content (AvgIpc) is 2.29. The van der Waals surface area contributed by atoms with Crippen LogP contribution in [0, 0.1) is 5.92 Å². The maximum absolute atomic E-state index is 3.58. The van der Waals surface area contributed by atoms with E-state index in [0.717, 1.165) is 18.9 Å². The number of hydrogen-bond donors (Lipinski definition) is 1. The summed E-state index contributed by atoms with van der Waals surface area (Å²) in [6, 6.07) is 11.3. The number of hydrogen-bond acceptors (Lipinski definition) is 1. The minimum atomic E-state index is 0.624. The summed E-state index contributed by atoms with van der Waals surface area (Å²) < 4.78 is 0. The van der Waals surface area contributed by atoms with E-state index in [-0.39, 0.29) is 0 Å². The van der Waals surface area contributed by atoms with E-state index in [1.165, 1.54) is 12.0 Å². The van der Waals surface area contributed by atoms with Crippen molar-refractivity contribution in [1.29, 1.82) is 0 Å². The molecule has 0 fully saturated rings. The summed E-state index contributed by atoms with van der Waals surface area (Å²) >= 11 is 0. The van der Waals surface area contributed by atoms with E-state index in [1.54, 1.807) is 0 Å². The van der Waals surface area contributed by atoms with Crippen LogP contribution in [0.2, 0.25) is 0 Å². The second-order valence-corrected chi connectivity index (χ2v) is 4.36. The van der Waals surface area contributed by atoms with E-state index < -0.39 is 0 Å². The molecule has 0 aromatic heterocycles. The molecule has 2 atom stereocenters. The van der Waals surface area contributed by atoms with E-state index in [9.17, 15) is 0 Å². The fraction of sp³-hybridized carbons (Fsp3) is 0.571. The van der Waals surface area contributed by atoms with Crippen molar-refractivity contribution in [1.82, 2.24) is 5.32 Å². The third kappa shape index (κ3) is 4.48. The maximum Gasteiger partial charge on any atom is 0.00643 e. The van der Waals surface area contributed by atoms with Crippen LogP contribution in [0.3, 0.4) is 0 Å². The molecule has 0 unspecified atom stereocenters. The van der Waals surface area contributed by atoms with Gasteiger partial charge >= 0.3 is 0 Å². The van der Waals surface area contributed by atoms with E-state index >= 15 is 0 Å².